The molecule has 0 N–H and O–H groups in total. The molecular formula is C47H30O. The molecule has 0 fully saturated rings. The van der Waals surface area contributed by atoms with Crippen molar-refractivity contribution in [2.24, 2.45) is 0 Å². The second-order valence-electron chi connectivity index (χ2n) is 10.8. The van der Waals surface area contributed by atoms with Crippen molar-refractivity contribution < 1.29 is 41.4 Å². The summed E-state index contributed by atoms with van der Waals surface area (Å²) in [4.78, 5) is 0. The van der Waals surface area contributed by atoms with Gasteiger partial charge in [0.05, 0.1) is 37.0 Å². The van der Waals surface area contributed by atoms with Gasteiger partial charge in [-0.2, -0.15) is 0 Å². The number of benzene rings is 9. The Kier molecular flexibility index (Phi) is 2.50. The molecule has 0 saturated heterocycles. The van der Waals surface area contributed by atoms with Crippen LogP contribution in [-0.4, -0.2) is 0 Å². The topological polar surface area (TPSA) is 13.1 Å². The molecule has 0 aliphatic rings. The minimum atomic E-state index is -0.931. The average molecular weight is 638 g/mol. The summed E-state index contributed by atoms with van der Waals surface area (Å²) in [7, 11) is 0. The number of fused-ring (bicyclic) bond motifs is 8. The first-order chi connectivity index (χ1) is 35.0. The van der Waals surface area contributed by atoms with Gasteiger partial charge in [0.1, 0.15) is 11.2 Å². The maximum atomic E-state index is 9.80. The zero-order valence-corrected chi connectivity index (χ0v) is 24.4. The number of hydrogen-bond acceptors (Lipinski definition) is 1. The second-order valence-corrected chi connectivity index (χ2v) is 10.8. The normalized spacial score (nSPS) is 19.7. The summed E-state index contributed by atoms with van der Waals surface area (Å²) >= 11 is 0. The van der Waals surface area contributed by atoms with E-state index >= 15 is 0 Å². The maximum Gasteiger partial charge on any atom is 0.136 e. The van der Waals surface area contributed by atoms with Gasteiger partial charge in [0, 0.05) is 10.8 Å². The fourth-order valence-corrected chi connectivity index (χ4v) is 5.98. The van der Waals surface area contributed by atoms with Crippen LogP contribution in [0, 0.1) is 6.92 Å². The molecule has 0 spiro atoms. The molecule has 1 nitrogen and oxygen atoms in total. The number of rotatable bonds is 3. The van der Waals surface area contributed by atoms with Crippen molar-refractivity contribution in [2.75, 3.05) is 0 Å². The molecule has 10 aromatic rings. The summed E-state index contributed by atoms with van der Waals surface area (Å²) in [5.74, 6) is 0. The van der Waals surface area contributed by atoms with Crippen molar-refractivity contribution in [1.82, 2.24) is 0 Å². The molecular weight excluding hydrogens is 581 g/mol. The SMILES string of the molecule is [2H]c1c([2H])c([2H])c(-c2c3c([2H])c([2H])c([2H])c([2H])c3c(-c3c([2H])c([2H])c4c(oc5c([2H])c(-c6c([2H])c7c([2H])c([2H])c([2H])c([2H])c7c7c([2H])c([2H])c([2H])c([2H])c67)c([2H])c([2H])c54)c3[2H])c3c([2H])c(C)c([2H])c([2H])c23)c([2H])c1[2H]. The molecule has 0 amide bonds. The summed E-state index contributed by atoms with van der Waals surface area (Å²) in [5, 5.41) is -5.39. The lowest BCUT2D eigenvalue weighted by molar-refractivity contribution is 0.669. The molecule has 224 valence electrons. The summed E-state index contributed by atoms with van der Waals surface area (Å²) in [5.41, 5.74) is -5.44. The van der Waals surface area contributed by atoms with E-state index in [4.69, 9.17) is 26.3 Å². The number of furan rings is 1. The van der Waals surface area contributed by atoms with E-state index in [9.17, 15) is 15.1 Å². The van der Waals surface area contributed by atoms with Gasteiger partial charge in [0.2, 0.25) is 0 Å². The summed E-state index contributed by atoms with van der Waals surface area (Å²) in [6, 6.07) is -22.6. The Balaban J connectivity index is 1.43. The molecule has 9 aromatic carbocycles. The first kappa shape index (κ1) is 11.5. The summed E-state index contributed by atoms with van der Waals surface area (Å²) in [6.45, 7) is 1.27. The zero-order chi connectivity index (χ0) is 55.3. The molecule has 10 rings (SSSR count). The predicted octanol–water partition coefficient (Wildman–Crippen LogP) is 13.5. The fourth-order valence-electron chi connectivity index (χ4n) is 5.98. The molecule has 1 heterocycles. The highest BCUT2D eigenvalue weighted by Gasteiger charge is 2.18. The zero-order valence-electron chi connectivity index (χ0n) is 51.4. The van der Waals surface area contributed by atoms with Crippen molar-refractivity contribution in [2.45, 2.75) is 6.92 Å². The third-order valence-corrected chi connectivity index (χ3v) is 8.01. The van der Waals surface area contributed by atoms with E-state index in [0.29, 0.717) is 0 Å². The molecule has 48 heavy (non-hydrogen) atoms. The van der Waals surface area contributed by atoms with Gasteiger partial charge in [-0.05, 0) is 114 Å². The Morgan fingerprint density at radius 2 is 0.917 bits per heavy atom. The fraction of sp³-hybridized carbons (Fsp3) is 0.0213. The van der Waals surface area contributed by atoms with Gasteiger partial charge in [-0.1, -0.05) is 138 Å². The van der Waals surface area contributed by atoms with Crippen LogP contribution in [0.3, 0.4) is 0 Å². The standard InChI is InChI=1S/C47H30O/c1-29-19-22-41-43(25-29)47(40-18-10-9-17-39(40)46(41)30-11-3-2-4-12-30)33-21-24-38-37-23-20-32(27-44(37)48-45(38)28-33)42-26-31-13-5-6-14-34(31)35-15-7-8-16-36(35)42/h2-28H,1H3/i2D,3D,4D,5D,6D,7D,8D,9D,10D,11D,12D,13D,14D,15D,16D,17D,18D,19D,20D,21D,22D,23D,24D,25D,26D,27D,28D. The van der Waals surface area contributed by atoms with E-state index in [1.807, 2.05) is 0 Å². The Labute approximate surface area is 316 Å². The van der Waals surface area contributed by atoms with Crippen molar-refractivity contribution in [3.63, 3.8) is 0 Å². The highest BCUT2D eigenvalue weighted by atomic mass is 16.3. The van der Waals surface area contributed by atoms with Crippen LogP contribution >= 0.6 is 0 Å². The van der Waals surface area contributed by atoms with E-state index in [-0.39, 0.29) is 5.56 Å². The summed E-state index contributed by atoms with van der Waals surface area (Å²) in [6.07, 6.45) is 0. The van der Waals surface area contributed by atoms with Gasteiger partial charge < -0.3 is 4.42 Å². The smallest absolute Gasteiger partial charge is 0.136 e. The van der Waals surface area contributed by atoms with Crippen molar-refractivity contribution in [3.05, 3.63) is 169 Å². The van der Waals surface area contributed by atoms with E-state index in [0.717, 1.165) is 0 Å². The number of hydrogen-bond donors (Lipinski definition) is 0. The predicted molar refractivity (Wildman–Crippen MR) is 205 cm³/mol. The van der Waals surface area contributed by atoms with Gasteiger partial charge in [-0.25, -0.2) is 0 Å². The van der Waals surface area contributed by atoms with Crippen LogP contribution in [0.5, 0.6) is 0 Å². The third kappa shape index (κ3) is 4.04. The lowest BCUT2D eigenvalue weighted by Crippen LogP contribution is -1.91. The Bertz CT molecular complexity index is 4330. The van der Waals surface area contributed by atoms with E-state index in [2.05, 4.69) is 0 Å². The molecule has 0 aliphatic heterocycles. The Morgan fingerprint density at radius 3 is 1.67 bits per heavy atom. The largest absolute Gasteiger partial charge is 0.456 e. The van der Waals surface area contributed by atoms with Crippen LogP contribution in [0.15, 0.2) is 168 Å². The minimum Gasteiger partial charge on any atom is -0.456 e. The molecule has 0 atom stereocenters. The molecule has 0 bridgehead atoms. The Morgan fingerprint density at radius 1 is 0.375 bits per heavy atom. The summed E-state index contributed by atoms with van der Waals surface area (Å²) < 4.78 is 249. The molecule has 0 aliphatic carbocycles. The van der Waals surface area contributed by atoms with Crippen LogP contribution < -0.4 is 0 Å². The minimum absolute atomic E-state index is 0.210. The Hall–Kier alpha value is -6.18. The highest BCUT2D eigenvalue weighted by Crippen LogP contribution is 2.45. The highest BCUT2D eigenvalue weighted by molar-refractivity contribution is 6.22. The van der Waals surface area contributed by atoms with E-state index in [1.165, 1.54) is 6.92 Å². The van der Waals surface area contributed by atoms with Crippen LogP contribution in [0.25, 0.3) is 98.4 Å². The van der Waals surface area contributed by atoms with Gasteiger partial charge in [-0.15, -0.1) is 0 Å². The van der Waals surface area contributed by atoms with Crippen molar-refractivity contribution in [3.8, 4) is 33.4 Å². The monoisotopic (exact) mass is 637 g/mol. The molecule has 0 unspecified atom stereocenters. The van der Waals surface area contributed by atoms with Crippen molar-refractivity contribution in [1.29, 1.82) is 0 Å². The van der Waals surface area contributed by atoms with Crippen LogP contribution in [0.1, 0.15) is 42.6 Å². The molecule has 1 aromatic heterocycles. The van der Waals surface area contributed by atoms with Gasteiger partial charge in [0.15, 0.2) is 0 Å². The molecule has 0 saturated carbocycles. The third-order valence-electron chi connectivity index (χ3n) is 8.01. The van der Waals surface area contributed by atoms with Gasteiger partial charge in [-0.3, -0.25) is 0 Å². The molecule has 0 radical (unpaired) electrons. The van der Waals surface area contributed by atoms with Gasteiger partial charge >= 0.3 is 0 Å². The molecule has 1 heteroatoms. The van der Waals surface area contributed by atoms with Crippen LogP contribution in [-0.2, 0) is 0 Å². The van der Waals surface area contributed by atoms with Crippen LogP contribution in [0.2, 0.25) is 0 Å². The second kappa shape index (κ2) is 10.4. The van der Waals surface area contributed by atoms with Crippen LogP contribution in [0.4, 0.5) is 0 Å². The quantitative estimate of drug-likeness (QED) is 0.139. The van der Waals surface area contributed by atoms with E-state index < -0.39 is 262 Å². The lowest BCUT2D eigenvalue weighted by atomic mass is 9.85. The first-order valence-electron chi connectivity index (χ1n) is 27.9. The maximum absolute atomic E-state index is 9.80. The van der Waals surface area contributed by atoms with Crippen molar-refractivity contribution >= 4 is 65.0 Å². The van der Waals surface area contributed by atoms with Gasteiger partial charge in [0.25, 0.3) is 0 Å². The lowest BCUT2D eigenvalue weighted by Gasteiger charge is -2.18. The first-order valence-corrected chi connectivity index (χ1v) is 14.4. The average Bonchev–Trinajstić information content (AvgIpc) is 3.80. The van der Waals surface area contributed by atoms with E-state index in [1.54, 1.807) is 0 Å².